The summed E-state index contributed by atoms with van der Waals surface area (Å²) in [5.41, 5.74) is 3.97. The Morgan fingerprint density at radius 2 is 1.82 bits per heavy atom. The first-order valence-electron chi connectivity index (χ1n) is 8.73. The first-order chi connectivity index (χ1) is 13.5. The summed E-state index contributed by atoms with van der Waals surface area (Å²) in [5, 5.41) is 3.18. The zero-order valence-electron chi connectivity index (χ0n) is 15.4. The molecule has 0 aliphatic carbocycles. The molecule has 0 saturated heterocycles. The van der Waals surface area contributed by atoms with Crippen LogP contribution in [0.3, 0.4) is 0 Å². The van der Waals surface area contributed by atoms with Crippen LogP contribution in [0.1, 0.15) is 27.2 Å². The van der Waals surface area contributed by atoms with Crippen molar-refractivity contribution in [2.75, 3.05) is 0 Å². The van der Waals surface area contributed by atoms with Crippen molar-refractivity contribution < 1.29 is 13.9 Å². The van der Waals surface area contributed by atoms with Gasteiger partial charge < -0.3 is 9.15 Å². The number of nitrogens with zero attached hydrogens (tertiary/aromatic N) is 1. The summed E-state index contributed by atoms with van der Waals surface area (Å²) in [6, 6.07) is 14.9. The Bertz CT molecular complexity index is 1220. The van der Waals surface area contributed by atoms with Gasteiger partial charge in [0.25, 0.3) is 0 Å². The van der Waals surface area contributed by atoms with Gasteiger partial charge in [-0.2, -0.15) is 0 Å². The van der Waals surface area contributed by atoms with Gasteiger partial charge in [0, 0.05) is 28.0 Å². The Labute approximate surface area is 165 Å². The molecular formula is C22H17NO4S. The van der Waals surface area contributed by atoms with Crippen molar-refractivity contribution in [2.45, 2.75) is 20.5 Å². The average molecular weight is 391 g/mol. The number of hydrogen-bond acceptors (Lipinski definition) is 6. The number of aromatic nitrogens is 1. The second kappa shape index (κ2) is 7.40. The lowest BCUT2D eigenvalue weighted by Gasteiger charge is -2.06. The van der Waals surface area contributed by atoms with E-state index in [-0.39, 0.29) is 12.3 Å². The lowest BCUT2D eigenvalue weighted by molar-refractivity contribution is 0.0468. The SMILES string of the molecule is Cc1ccc(-c2nc(C(=O)OCc3cc(=O)oc4cc(C)ccc34)cs2)cc1. The van der Waals surface area contributed by atoms with Gasteiger partial charge in [0.15, 0.2) is 5.69 Å². The minimum atomic E-state index is -0.525. The van der Waals surface area contributed by atoms with Gasteiger partial charge in [-0.1, -0.05) is 42.0 Å². The van der Waals surface area contributed by atoms with Crippen molar-refractivity contribution in [3.8, 4) is 10.6 Å². The molecule has 0 atom stereocenters. The van der Waals surface area contributed by atoms with Gasteiger partial charge in [0.05, 0.1) is 0 Å². The molecule has 0 spiro atoms. The number of thiazole rings is 1. The minimum absolute atomic E-state index is 0.0264. The van der Waals surface area contributed by atoms with Crippen LogP contribution < -0.4 is 5.63 Å². The van der Waals surface area contributed by atoms with Gasteiger partial charge in [0.1, 0.15) is 17.2 Å². The molecule has 5 nitrogen and oxygen atoms in total. The monoisotopic (exact) mass is 391 g/mol. The highest BCUT2D eigenvalue weighted by atomic mass is 32.1. The van der Waals surface area contributed by atoms with Crippen molar-refractivity contribution in [1.29, 1.82) is 0 Å². The maximum absolute atomic E-state index is 12.4. The predicted molar refractivity (Wildman–Crippen MR) is 109 cm³/mol. The van der Waals surface area contributed by atoms with E-state index in [1.54, 1.807) is 11.4 Å². The number of rotatable bonds is 4. The molecule has 0 unspecified atom stereocenters. The smallest absolute Gasteiger partial charge is 0.358 e. The van der Waals surface area contributed by atoms with Crippen LogP contribution in [-0.4, -0.2) is 11.0 Å². The quantitative estimate of drug-likeness (QED) is 0.366. The highest BCUT2D eigenvalue weighted by Gasteiger charge is 2.15. The maximum atomic E-state index is 12.4. The van der Waals surface area contributed by atoms with Gasteiger partial charge in [-0.25, -0.2) is 14.6 Å². The van der Waals surface area contributed by atoms with Crippen molar-refractivity contribution >= 4 is 28.3 Å². The van der Waals surface area contributed by atoms with Crippen molar-refractivity contribution in [3.05, 3.63) is 86.7 Å². The lowest BCUT2D eigenvalue weighted by atomic mass is 10.1. The number of aryl methyl sites for hydroxylation is 2. The zero-order chi connectivity index (χ0) is 19.7. The van der Waals surface area contributed by atoms with Gasteiger partial charge in [-0.3, -0.25) is 0 Å². The van der Waals surface area contributed by atoms with Crippen LogP contribution in [0.25, 0.3) is 21.5 Å². The van der Waals surface area contributed by atoms with Gasteiger partial charge in [0.2, 0.25) is 0 Å². The first kappa shape index (κ1) is 18.1. The molecule has 0 amide bonds. The van der Waals surface area contributed by atoms with Crippen LogP contribution in [0, 0.1) is 13.8 Å². The summed E-state index contributed by atoms with van der Waals surface area (Å²) in [6.45, 7) is 3.91. The van der Waals surface area contributed by atoms with Crippen LogP contribution in [0.15, 0.2) is 63.1 Å². The van der Waals surface area contributed by atoms with E-state index >= 15 is 0 Å². The van der Waals surface area contributed by atoms with Crippen molar-refractivity contribution in [1.82, 2.24) is 4.98 Å². The molecular weight excluding hydrogens is 374 g/mol. The largest absolute Gasteiger partial charge is 0.456 e. The van der Waals surface area contributed by atoms with Crippen LogP contribution in [-0.2, 0) is 11.3 Å². The molecule has 2 aromatic heterocycles. The average Bonchev–Trinajstić information content (AvgIpc) is 3.16. The molecule has 0 aliphatic heterocycles. The summed E-state index contributed by atoms with van der Waals surface area (Å²) in [7, 11) is 0. The second-order valence-corrected chi connectivity index (χ2v) is 7.43. The summed E-state index contributed by atoms with van der Waals surface area (Å²) in [5.74, 6) is -0.525. The number of hydrogen-bond donors (Lipinski definition) is 0. The molecule has 0 aliphatic rings. The number of carbonyl (C=O) groups is 1. The number of esters is 1. The second-order valence-electron chi connectivity index (χ2n) is 6.57. The maximum Gasteiger partial charge on any atom is 0.358 e. The summed E-state index contributed by atoms with van der Waals surface area (Å²) in [6.07, 6.45) is 0. The van der Waals surface area contributed by atoms with E-state index in [1.807, 2.05) is 50.2 Å². The molecule has 0 bridgehead atoms. The first-order valence-corrected chi connectivity index (χ1v) is 9.60. The predicted octanol–water partition coefficient (Wildman–Crippen LogP) is 4.89. The molecule has 28 heavy (non-hydrogen) atoms. The van der Waals surface area contributed by atoms with Crippen molar-refractivity contribution in [2.24, 2.45) is 0 Å². The van der Waals surface area contributed by atoms with E-state index in [1.165, 1.54) is 17.4 Å². The number of ether oxygens (including phenoxy) is 1. The highest BCUT2D eigenvalue weighted by Crippen LogP contribution is 2.25. The Morgan fingerprint density at radius 1 is 1.07 bits per heavy atom. The van der Waals surface area contributed by atoms with E-state index in [4.69, 9.17) is 9.15 Å². The summed E-state index contributed by atoms with van der Waals surface area (Å²) < 4.78 is 10.6. The third kappa shape index (κ3) is 3.73. The van der Waals surface area contributed by atoms with Crippen LogP contribution >= 0.6 is 11.3 Å². The van der Waals surface area contributed by atoms with E-state index in [9.17, 15) is 9.59 Å². The Balaban J connectivity index is 1.53. The van der Waals surface area contributed by atoms with Gasteiger partial charge in [-0.15, -0.1) is 11.3 Å². The fourth-order valence-electron chi connectivity index (χ4n) is 2.87. The Hall–Kier alpha value is -3.25. The molecule has 2 aromatic carbocycles. The molecule has 0 N–H and O–H groups in total. The Kier molecular flexibility index (Phi) is 4.79. The van der Waals surface area contributed by atoms with Crippen LogP contribution in [0.5, 0.6) is 0 Å². The number of fused-ring (bicyclic) bond motifs is 1. The standard InChI is InChI=1S/C22H17NO4S/c1-13-3-6-15(7-4-13)21-23-18(12-28-21)22(25)26-11-16-10-20(24)27-19-9-14(2)5-8-17(16)19/h3-10,12H,11H2,1-2H3. The fourth-order valence-corrected chi connectivity index (χ4v) is 3.67. The van der Waals surface area contributed by atoms with Crippen molar-refractivity contribution in [3.63, 3.8) is 0 Å². The molecule has 140 valence electrons. The summed E-state index contributed by atoms with van der Waals surface area (Å²) in [4.78, 5) is 28.6. The van der Waals surface area contributed by atoms with E-state index in [2.05, 4.69) is 4.98 Å². The number of benzene rings is 2. The van der Waals surface area contributed by atoms with Gasteiger partial charge >= 0.3 is 11.6 Å². The molecule has 2 heterocycles. The van der Waals surface area contributed by atoms with E-state index in [0.29, 0.717) is 11.1 Å². The molecule has 4 rings (SSSR count). The Morgan fingerprint density at radius 3 is 2.61 bits per heavy atom. The molecule has 0 radical (unpaired) electrons. The summed E-state index contributed by atoms with van der Waals surface area (Å²) >= 11 is 1.39. The van der Waals surface area contributed by atoms with E-state index in [0.717, 1.165) is 27.1 Å². The zero-order valence-corrected chi connectivity index (χ0v) is 16.2. The number of carbonyl (C=O) groups excluding carboxylic acids is 1. The third-order valence-corrected chi connectivity index (χ3v) is 5.25. The fraction of sp³-hybridized carbons (Fsp3) is 0.136. The van der Waals surface area contributed by atoms with Crippen LogP contribution in [0.2, 0.25) is 0 Å². The molecule has 4 aromatic rings. The molecule has 6 heteroatoms. The molecule has 0 fully saturated rings. The highest BCUT2D eigenvalue weighted by molar-refractivity contribution is 7.13. The van der Waals surface area contributed by atoms with Gasteiger partial charge in [-0.05, 0) is 25.5 Å². The normalized spacial score (nSPS) is 10.9. The lowest BCUT2D eigenvalue weighted by Crippen LogP contribution is -2.08. The third-order valence-electron chi connectivity index (χ3n) is 4.36. The topological polar surface area (TPSA) is 69.4 Å². The molecule has 0 saturated carbocycles. The van der Waals surface area contributed by atoms with E-state index < -0.39 is 11.6 Å². The van der Waals surface area contributed by atoms with Crippen LogP contribution in [0.4, 0.5) is 0 Å². The minimum Gasteiger partial charge on any atom is -0.456 e.